The number of aromatic nitrogens is 3. The summed E-state index contributed by atoms with van der Waals surface area (Å²) in [7, 11) is -3.30. The molecule has 138 valence electrons. The molecule has 0 atom stereocenters. The number of rotatable bonds is 7. The van der Waals surface area contributed by atoms with Gasteiger partial charge in [0.15, 0.2) is 15.0 Å². The van der Waals surface area contributed by atoms with Crippen molar-refractivity contribution >= 4 is 33.2 Å². The summed E-state index contributed by atoms with van der Waals surface area (Å²) in [6, 6.07) is 6.75. The molecule has 0 bridgehead atoms. The fourth-order valence-electron chi connectivity index (χ4n) is 2.81. The first kappa shape index (κ1) is 17.5. The Labute approximate surface area is 156 Å². The second kappa shape index (κ2) is 6.70. The highest BCUT2D eigenvalue weighted by molar-refractivity contribution is 7.99. The fraction of sp³-hybridized carbons (Fsp3) is 0.471. The molecule has 2 aliphatic rings. The van der Waals surface area contributed by atoms with Crippen LogP contribution < -0.4 is 5.32 Å². The van der Waals surface area contributed by atoms with Crippen LogP contribution in [0.3, 0.4) is 0 Å². The van der Waals surface area contributed by atoms with Crippen molar-refractivity contribution in [1.82, 2.24) is 14.8 Å². The quantitative estimate of drug-likeness (QED) is 0.728. The number of hydrogen-bond donors (Lipinski definition) is 1. The normalized spacial score (nSPS) is 17.3. The van der Waals surface area contributed by atoms with Crippen molar-refractivity contribution in [1.29, 1.82) is 0 Å². The van der Waals surface area contributed by atoms with E-state index in [0.717, 1.165) is 30.1 Å². The number of carbonyl (C=O) groups is 1. The van der Waals surface area contributed by atoms with Crippen molar-refractivity contribution in [2.24, 2.45) is 0 Å². The average Bonchev–Trinajstić information content (AvgIpc) is 3.51. The van der Waals surface area contributed by atoms with Crippen molar-refractivity contribution in [2.45, 2.75) is 47.7 Å². The molecule has 0 unspecified atom stereocenters. The van der Waals surface area contributed by atoms with Gasteiger partial charge in [0, 0.05) is 23.9 Å². The number of amides is 1. The van der Waals surface area contributed by atoms with Gasteiger partial charge in [0.1, 0.15) is 5.82 Å². The third kappa shape index (κ3) is 3.93. The van der Waals surface area contributed by atoms with E-state index >= 15 is 0 Å². The van der Waals surface area contributed by atoms with Crippen molar-refractivity contribution in [3.05, 3.63) is 30.1 Å². The third-order valence-electron chi connectivity index (χ3n) is 4.42. The van der Waals surface area contributed by atoms with Crippen LogP contribution in [0, 0.1) is 0 Å². The van der Waals surface area contributed by atoms with E-state index < -0.39 is 9.84 Å². The van der Waals surface area contributed by atoms with Crippen LogP contribution in [0.1, 0.15) is 43.5 Å². The monoisotopic (exact) mass is 392 g/mol. The maximum absolute atomic E-state index is 12.3. The Hall–Kier alpha value is -1.87. The lowest BCUT2D eigenvalue weighted by Crippen LogP contribution is -2.15. The Morgan fingerprint density at radius 1 is 1.27 bits per heavy atom. The lowest BCUT2D eigenvalue weighted by Gasteiger charge is -2.09. The maximum atomic E-state index is 12.3. The lowest BCUT2D eigenvalue weighted by molar-refractivity contribution is -0.113. The third-order valence-corrected chi connectivity index (χ3v) is 6.48. The molecule has 26 heavy (non-hydrogen) atoms. The molecule has 2 fully saturated rings. The van der Waals surface area contributed by atoms with E-state index in [1.54, 1.807) is 12.1 Å². The van der Waals surface area contributed by atoms with Crippen LogP contribution in [0.4, 0.5) is 5.69 Å². The number of thioether (sulfide) groups is 1. The summed E-state index contributed by atoms with van der Waals surface area (Å²) in [5.74, 6) is 1.61. The van der Waals surface area contributed by atoms with Crippen molar-refractivity contribution in [3.8, 4) is 0 Å². The summed E-state index contributed by atoms with van der Waals surface area (Å²) in [6.45, 7) is 0. The zero-order chi connectivity index (χ0) is 18.3. The van der Waals surface area contributed by atoms with Crippen molar-refractivity contribution in [3.63, 3.8) is 0 Å². The summed E-state index contributed by atoms with van der Waals surface area (Å²) in [4.78, 5) is 12.4. The molecule has 0 spiro atoms. The summed E-state index contributed by atoms with van der Waals surface area (Å²) >= 11 is 1.38. The molecule has 7 nitrogen and oxygen atoms in total. The van der Waals surface area contributed by atoms with Crippen LogP contribution >= 0.6 is 11.8 Å². The van der Waals surface area contributed by atoms with E-state index in [0.29, 0.717) is 17.6 Å². The number of hydrogen-bond acceptors (Lipinski definition) is 6. The number of anilines is 1. The summed E-state index contributed by atoms with van der Waals surface area (Å²) < 4.78 is 25.4. The predicted octanol–water partition coefficient (Wildman–Crippen LogP) is 2.62. The fourth-order valence-corrected chi connectivity index (χ4v) is 4.29. The van der Waals surface area contributed by atoms with Gasteiger partial charge in [0.05, 0.1) is 10.6 Å². The van der Waals surface area contributed by atoms with Gasteiger partial charge in [-0.3, -0.25) is 4.79 Å². The Morgan fingerprint density at radius 3 is 2.69 bits per heavy atom. The van der Waals surface area contributed by atoms with Gasteiger partial charge >= 0.3 is 0 Å². The molecule has 1 aromatic heterocycles. The van der Waals surface area contributed by atoms with E-state index in [9.17, 15) is 13.2 Å². The number of nitrogens with zero attached hydrogens (tertiary/aromatic N) is 3. The van der Waals surface area contributed by atoms with Crippen LogP contribution in [0.15, 0.2) is 34.3 Å². The van der Waals surface area contributed by atoms with Gasteiger partial charge in [-0.15, -0.1) is 10.2 Å². The van der Waals surface area contributed by atoms with Gasteiger partial charge in [-0.2, -0.15) is 0 Å². The first-order valence-electron chi connectivity index (χ1n) is 8.59. The van der Waals surface area contributed by atoms with E-state index in [1.165, 1.54) is 36.7 Å². The number of sulfone groups is 1. The molecule has 1 aromatic carbocycles. The molecule has 2 aromatic rings. The summed E-state index contributed by atoms with van der Waals surface area (Å²) in [5.41, 5.74) is 0.473. The van der Waals surface area contributed by atoms with E-state index in [-0.39, 0.29) is 16.6 Å². The average molecular weight is 393 g/mol. The molecule has 1 amide bonds. The van der Waals surface area contributed by atoms with Crippen LogP contribution in [0.25, 0.3) is 0 Å². The molecule has 2 saturated carbocycles. The molecule has 0 radical (unpaired) electrons. The van der Waals surface area contributed by atoms with Gasteiger partial charge in [0.2, 0.25) is 5.91 Å². The Balaban J connectivity index is 1.41. The molecule has 0 saturated heterocycles. The highest BCUT2D eigenvalue weighted by atomic mass is 32.2. The maximum Gasteiger partial charge on any atom is 0.234 e. The minimum atomic E-state index is -3.30. The zero-order valence-electron chi connectivity index (χ0n) is 14.4. The predicted molar refractivity (Wildman–Crippen MR) is 99.2 cm³/mol. The molecular formula is C17H20N4O3S2. The Bertz CT molecular complexity index is 947. The van der Waals surface area contributed by atoms with Gasteiger partial charge in [-0.05, 0) is 43.9 Å². The zero-order valence-corrected chi connectivity index (χ0v) is 16.0. The standard InChI is InChI=1S/C17H20N4O3S2/c1-26(23,24)14-4-2-3-12(9-14)18-15(22)10-25-17-20-19-16(11-5-6-11)21(17)13-7-8-13/h2-4,9,11,13H,5-8,10H2,1H3,(H,18,22). The van der Waals surface area contributed by atoms with E-state index in [4.69, 9.17) is 0 Å². The number of carbonyl (C=O) groups excluding carboxylic acids is 1. The topological polar surface area (TPSA) is 93.9 Å². The summed E-state index contributed by atoms with van der Waals surface area (Å²) in [5, 5.41) is 12.2. The van der Waals surface area contributed by atoms with Crippen LogP contribution in [0.5, 0.6) is 0 Å². The molecule has 4 rings (SSSR count). The second-order valence-electron chi connectivity index (χ2n) is 6.85. The Kier molecular flexibility index (Phi) is 4.52. The molecule has 1 N–H and O–H groups in total. The van der Waals surface area contributed by atoms with Gasteiger partial charge in [-0.1, -0.05) is 17.8 Å². The minimum absolute atomic E-state index is 0.186. The van der Waals surface area contributed by atoms with Crippen LogP contribution in [0.2, 0.25) is 0 Å². The molecule has 0 aliphatic heterocycles. The molecular weight excluding hydrogens is 372 g/mol. The second-order valence-corrected chi connectivity index (χ2v) is 9.81. The molecule has 1 heterocycles. The summed E-state index contributed by atoms with van der Waals surface area (Å²) in [6.07, 6.45) is 5.79. The SMILES string of the molecule is CS(=O)(=O)c1cccc(NC(=O)CSc2nnc(C3CC3)n2C2CC2)c1. The van der Waals surface area contributed by atoms with Crippen molar-refractivity contribution < 1.29 is 13.2 Å². The van der Waals surface area contributed by atoms with Crippen molar-refractivity contribution in [2.75, 3.05) is 17.3 Å². The first-order valence-corrected chi connectivity index (χ1v) is 11.5. The van der Waals surface area contributed by atoms with Gasteiger partial charge in [-0.25, -0.2) is 8.42 Å². The lowest BCUT2D eigenvalue weighted by atomic mass is 10.3. The molecule has 2 aliphatic carbocycles. The number of benzene rings is 1. The minimum Gasteiger partial charge on any atom is -0.325 e. The Morgan fingerprint density at radius 2 is 2.04 bits per heavy atom. The van der Waals surface area contributed by atoms with Gasteiger partial charge < -0.3 is 9.88 Å². The van der Waals surface area contributed by atoms with Gasteiger partial charge in [0.25, 0.3) is 0 Å². The number of nitrogens with one attached hydrogen (secondary N) is 1. The molecule has 9 heteroatoms. The van der Waals surface area contributed by atoms with Crippen LogP contribution in [-0.2, 0) is 14.6 Å². The first-order chi connectivity index (χ1) is 12.4. The highest BCUT2D eigenvalue weighted by Crippen LogP contribution is 2.45. The van der Waals surface area contributed by atoms with Crippen LogP contribution in [-0.4, -0.2) is 41.1 Å². The van der Waals surface area contributed by atoms with E-state index in [2.05, 4.69) is 20.1 Å². The smallest absolute Gasteiger partial charge is 0.234 e. The largest absolute Gasteiger partial charge is 0.325 e. The van der Waals surface area contributed by atoms with E-state index in [1.807, 2.05) is 0 Å². The highest BCUT2D eigenvalue weighted by Gasteiger charge is 2.36.